The Hall–Kier alpha value is -3.32. The van der Waals surface area contributed by atoms with Crippen LogP contribution in [0.5, 0.6) is 0 Å². The highest BCUT2D eigenvalue weighted by Gasteiger charge is 2.05. The zero-order valence-corrected chi connectivity index (χ0v) is 8.47. The molecule has 0 fully saturated rings. The maximum absolute atomic E-state index is 3.73. The molecule has 90 valence electrons. The molecule has 0 aliphatic rings. The van der Waals surface area contributed by atoms with E-state index in [4.69, 9.17) is 0 Å². The molecular formula is C4H4N14. The number of nitrogens with one attached hydrogen (secondary N) is 4. The second-order valence-electron chi connectivity index (χ2n) is 2.77. The third kappa shape index (κ3) is 2.10. The Morgan fingerprint density at radius 2 is 1.00 bits per heavy atom. The highest BCUT2D eigenvalue weighted by molar-refractivity contribution is 5.42. The number of hydrogen-bond acceptors (Lipinski definition) is 12. The molecule has 0 aromatic carbocycles. The van der Waals surface area contributed by atoms with Crippen molar-refractivity contribution in [3.63, 3.8) is 0 Å². The molecule has 14 heteroatoms. The average molecular weight is 248 g/mol. The van der Waals surface area contributed by atoms with Crippen LogP contribution in [0.3, 0.4) is 0 Å². The molecule has 14 nitrogen and oxygen atoms in total. The minimum Gasteiger partial charge on any atom is -0.287 e. The largest absolute Gasteiger partial charge is 0.287 e. The Kier molecular flexibility index (Phi) is 2.35. The van der Waals surface area contributed by atoms with Gasteiger partial charge >= 0.3 is 0 Å². The number of nitrogens with zero attached hydrogens (tertiary/aromatic N) is 10. The van der Waals surface area contributed by atoms with Gasteiger partial charge in [0.15, 0.2) is 0 Å². The molecule has 3 aromatic rings. The van der Waals surface area contributed by atoms with Crippen LogP contribution in [0.4, 0.5) is 23.8 Å². The van der Waals surface area contributed by atoms with Gasteiger partial charge in [-0.15, -0.1) is 30.6 Å². The zero-order chi connectivity index (χ0) is 12.2. The van der Waals surface area contributed by atoms with Gasteiger partial charge in [0.1, 0.15) is 0 Å². The molecular weight excluding hydrogens is 244 g/mol. The van der Waals surface area contributed by atoms with Gasteiger partial charge in [0.25, 0.3) is 23.8 Å². The number of anilines is 4. The van der Waals surface area contributed by atoms with E-state index in [-0.39, 0.29) is 23.8 Å². The minimum absolute atomic E-state index is 0.120. The van der Waals surface area contributed by atoms with Crippen LogP contribution in [-0.2, 0) is 0 Å². The van der Waals surface area contributed by atoms with Gasteiger partial charge in [0, 0.05) is 0 Å². The first-order valence-corrected chi connectivity index (χ1v) is 4.48. The summed E-state index contributed by atoms with van der Waals surface area (Å²) in [6, 6.07) is 0. The molecule has 0 unspecified atom stereocenters. The maximum Gasteiger partial charge on any atom is 0.270 e. The van der Waals surface area contributed by atoms with E-state index in [1.165, 1.54) is 0 Å². The summed E-state index contributed by atoms with van der Waals surface area (Å²) >= 11 is 0. The number of tetrazole rings is 2. The smallest absolute Gasteiger partial charge is 0.270 e. The van der Waals surface area contributed by atoms with Gasteiger partial charge in [-0.3, -0.25) is 10.6 Å². The quantitative estimate of drug-likeness (QED) is 0.390. The molecule has 0 amide bonds. The van der Waals surface area contributed by atoms with Crippen LogP contribution in [0.15, 0.2) is 0 Å². The summed E-state index contributed by atoms with van der Waals surface area (Å²) in [5, 5.41) is 46.0. The van der Waals surface area contributed by atoms with Crippen LogP contribution < -0.4 is 10.6 Å². The average Bonchev–Trinajstić information content (AvgIpc) is 3.05. The standard InChI is InChI=1S/C4H4N14/c5(3-11-15-16-12-3)1-7-9-2(10-8-1)6-4-13-17-18-14-4/h(H2,5,7,8,11,12,15,16)(H2,6,9,10,13,14,17,18). The fourth-order valence-electron chi connectivity index (χ4n) is 0.959. The summed E-state index contributed by atoms with van der Waals surface area (Å²) in [6.07, 6.45) is 0. The van der Waals surface area contributed by atoms with Gasteiger partial charge in [-0.05, 0) is 10.4 Å². The highest BCUT2D eigenvalue weighted by Crippen LogP contribution is 2.04. The van der Waals surface area contributed by atoms with Crippen LogP contribution in [-0.4, -0.2) is 61.6 Å². The summed E-state index contributed by atoms with van der Waals surface area (Å²) in [5.74, 6) is 0.653. The van der Waals surface area contributed by atoms with Gasteiger partial charge in [-0.2, -0.15) is 10.4 Å². The summed E-state index contributed by atoms with van der Waals surface area (Å²) in [7, 11) is 0. The van der Waals surface area contributed by atoms with Crippen molar-refractivity contribution in [2.24, 2.45) is 0 Å². The van der Waals surface area contributed by atoms with Gasteiger partial charge in [-0.25, -0.2) is 0 Å². The zero-order valence-electron chi connectivity index (χ0n) is 8.47. The van der Waals surface area contributed by atoms with Crippen LogP contribution in [0.2, 0.25) is 0 Å². The van der Waals surface area contributed by atoms with E-state index >= 15 is 0 Å². The molecule has 0 aliphatic carbocycles. The molecule has 0 atom stereocenters. The Balaban J connectivity index is 1.69. The molecule has 0 saturated carbocycles. The lowest BCUT2D eigenvalue weighted by Crippen LogP contribution is -2.06. The molecule has 3 rings (SSSR count). The molecule has 18 heavy (non-hydrogen) atoms. The first-order valence-electron chi connectivity index (χ1n) is 4.48. The Labute approximate surface area is 97.0 Å². The Morgan fingerprint density at radius 1 is 0.556 bits per heavy atom. The van der Waals surface area contributed by atoms with Crippen molar-refractivity contribution < 1.29 is 0 Å². The van der Waals surface area contributed by atoms with E-state index in [9.17, 15) is 0 Å². The van der Waals surface area contributed by atoms with Crippen molar-refractivity contribution in [2.75, 3.05) is 10.6 Å². The predicted molar refractivity (Wildman–Crippen MR) is 52.5 cm³/mol. The lowest BCUT2D eigenvalue weighted by atomic mass is 10.9. The van der Waals surface area contributed by atoms with Gasteiger partial charge in [0.2, 0.25) is 0 Å². The van der Waals surface area contributed by atoms with E-state index in [0.29, 0.717) is 0 Å². The minimum atomic E-state index is 0.120. The molecule has 0 saturated heterocycles. The summed E-state index contributed by atoms with van der Waals surface area (Å²) in [4.78, 5) is 0. The molecule has 3 heterocycles. The summed E-state index contributed by atoms with van der Waals surface area (Å²) < 4.78 is 0. The molecule has 4 N–H and O–H groups in total. The van der Waals surface area contributed by atoms with Crippen molar-refractivity contribution in [2.45, 2.75) is 0 Å². The SMILES string of the molecule is n1nc(Nc2nnc(Nc3nn[nH]n3)nn2)n[nH]1. The molecule has 0 spiro atoms. The second kappa shape index (κ2) is 4.28. The number of H-pyrrole nitrogens is 2. The fourth-order valence-corrected chi connectivity index (χ4v) is 0.959. The molecule has 0 bridgehead atoms. The monoisotopic (exact) mass is 248 g/mol. The number of aromatic nitrogens is 12. The van der Waals surface area contributed by atoms with E-state index < -0.39 is 0 Å². The lowest BCUT2D eigenvalue weighted by Gasteiger charge is -1.98. The Bertz CT molecular complexity index is 524. The molecule has 3 aromatic heterocycles. The molecule has 0 aliphatic heterocycles. The van der Waals surface area contributed by atoms with Crippen LogP contribution >= 0.6 is 0 Å². The van der Waals surface area contributed by atoms with Crippen molar-refractivity contribution in [1.82, 2.24) is 61.6 Å². The van der Waals surface area contributed by atoms with Gasteiger partial charge < -0.3 is 0 Å². The first kappa shape index (κ1) is 9.87. The number of hydrogen-bond donors (Lipinski definition) is 4. The second-order valence-corrected chi connectivity index (χ2v) is 2.77. The third-order valence-electron chi connectivity index (χ3n) is 1.62. The maximum atomic E-state index is 3.73. The van der Waals surface area contributed by atoms with E-state index in [1.54, 1.807) is 0 Å². The number of rotatable bonds is 4. The van der Waals surface area contributed by atoms with Crippen LogP contribution in [0, 0.1) is 0 Å². The van der Waals surface area contributed by atoms with Crippen molar-refractivity contribution >= 4 is 23.8 Å². The van der Waals surface area contributed by atoms with E-state index in [0.717, 1.165) is 0 Å². The van der Waals surface area contributed by atoms with Crippen molar-refractivity contribution in [1.29, 1.82) is 0 Å². The van der Waals surface area contributed by atoms with Crippen LogP contribution in [0.1, 0.15) is 0 Å². The number of aromatic amines is 2. The molecule has 0 radical (unpaired) electrons. The first-order chi connectivity index (χ1) is 8.90. The normalized spacial score (nSPS) is 10.2. The Morgan fingerprint density at radius 3 is 1.33 bits per heavy atom. The third-order valence-corrected chi connectivity index (χ3v) is 1.62. The predicted octanol–water partition coefficient (Wildman–Crippen LogP) is -2.22. The fraction of sp³-hybridized carbons (Fsp3) is 0. The van der Waals surface area contributed by atoms with Gasteiger partial charge in [-0.1, -0.05) is 10.2 Å². The van der Waals surface area contributed by atoms with E-state index in [1.807, 2.05) is 0 Å². The summed E-state index contributed by atoms with van der Waals surface area (Å²) in [6.45, 7) is 0. The topological polar surface area (TPSA) is 185 Å². The van der Waals surface area contributed by atoms with Crippen molar-refractivity contribution in [3.05, 3.63) is 0 Å². The van der Waals surface area contributed by atoms with Crippen molar-refractivity contribution in [3.8, 4) is 0 Å². The van der Waals surface area contributed by atoms with E-state index in [2.05, 4.69) is 72.3 Å². The van der Waals surface area contributed by atoms with Crippen LogP contribution in [0.25, 0.3) is 0 Å². The van der Waals surface area contributed by atoms with Gasteiger partial charge in [0.05, 0.1) is 0 Å². The summed E-state index contributed by atoms with van der Waals surface area (Å²) in [5.41, 5.74) is 0. The highest BCUT2D eigenvalue weighted by atomic mass is 15.5. The lowest BCUT2D eigenvalue weighted by molar-refractivity contribution is 0.869.